The van der Waals surface area contributed by atoms with Crippen molar-refractivity contribution >= 4 is 11.8 Å². The van der Waals surface area contributed by atoms with Crippen LogP contribution in [0.25, 0.3) is 0 Å². The van der Waals surface area contributed by atoms with Crippen LogP contribution in [0.5, 0.6) is 0 Å². The third-order valence-electron chi connectivity index (χ3n) is 3.56. The van der Waals surface area contributed by atoms with Crippen LogP contribution in [0.1, 0.15) is 36.9 Å². The normalized spacial score (nSPS) is 15.1. The van der Waals surface area contributed by atoms with Gasteiger partial charge >= 0.3 is 6.03 Å². The molecule has 2 aromatic heterocycles. The first kappa shape index (κ1) is 14.4. The minimum atomic E-state index is -0.273. The molecule has 1 unspecified atom stereocenters. The number of pyridine rings is 1. The number of carbonyl (C=O) groups excluding carboxylic acids is 1. The summed E-state index contributed by atoms with van der Waals surface area (Å²) in [4.78, 5) is 16.0. The summed E-state index contributed by atoms with van der Waals surface area (Å²) in [5.41, 5.74) is 2.10. The summed E-state index contributed by atoms with van der Waals surface area (Å²) in [5.74, 6) is 1.03. The van der Waals surface area contributed by atoms with E-state index in [1.54, 1.807) is 18.5 Å². The summed E-state index contributed by atoms with van der Waals surface area (Å²) in [6, 6.07) is 7.34. The highest BCUT2D eigenvalue weighted by atomic mass is 16.2. The molecule has 1 saturated carbocycles. The van der Waals surface area contributed by atoms with E-state index in [9.17, 15) is 4.79 Å². The van der Waals surface area contributed by atoms with Gasteiger partial charge in [0.25, 0.3) is 0 Å². The van der Waals surface area contributed by atoms with Crippen molar-refractivity contribution in [1.82, 2.24) is 20.5 Å². The van der Waals surface area contributed by atoms with Gasteiger partial charge in [-0.2, -0.15) is 5.10 Å². The van der Waals surface area contributed by atoms with Crippen molar-refractivity contribution in [3.8, 4) is 0 Å². The van der Waals surface area contributed by atoms with Crippen LogP contribution in [-0.4, -0.2) is 27.3 Å². The monoisotopic (exact) mass is 297 g/mol. The first-order valence-electron chi connectivity index (χ1n) is 7.51. The van der Waals surface area contributed by atoms with E-state index in [-0.39, 0.29) is 12.1 Å². The Labute approximate surface area is 129 Å². The van der Waals surface area contributed by atoms with Crippen molar-refractivity contribution < 1.29 is 4.79 Å². The van der Waals surface area contributed by atoms with Crippen LogP contribution < -0.4 is 10.6 Å². The van der Waals surface area contributed by atoms with Gasteiger partial charge in [-0.15, -0.1) is 5.10 Å². The van der Waals surface area contributed by atoms with Crippen LogP contribution in [0.2, 0.25) is 0 Å². The van der Waals surface area contributed by atoms with Crippen LogP contribution in [0.3, 0.4) is 0 Å². The Bertz CT molecular complexity index is 625. The molecule has 2 heterocycles. The maximum absolute atomic E-state index is 11.9. The Balaban J connectivity index is 1.48. The third kappa shape index (κ3) is 4.00. The van der Waals surface area contributed by atoms with Crippen LogP contribution in [0, 0.1) is 0 Å². The Morgan fingerprint density at radius 3 is 2.82 bits per heavy atom. The molecule has 0 spiro atoms. The van der Waals surface area contributed by atoms with Crippen molar-refractivity contribution in [2.75, 3.05) is 5.32 Å². The molecule has 0 aliphatic heterocycles. The van der Waals surface area contributed by atoms with Gasteiger partial charge in [-0.05, 0) is 49.9 Å². The molecule has 0 aromatic carbocycles. The maximum Gasteiger partial charge on any atom is 0.320 e. The Morgan fingerprint density at radius 1 is 1.32 bits per heavy atom. The van der Waals surface area contributed by atoms with E-state index in [4.69, 9.17) is 0 Å². The second kappa shape index (κ2) is 6.51. The molecule has 22 heavy (non-hydrogen) atoms. The lowest BCUT2D eigenvalue weighted by Gasteiger charge is -2.14. The summed E-state index contributed by atoms with van der Waals surface area (Å²) < 4.78 is 0. The molecule has 2 aromatic rings. The lowest BCUT2D eigenvalue weighted by atomic mass is 10.1. The summed E-state index contributed by atoms with van der Waals surface area (Å²) in [5, 5.41) is 13.8. The molecule has 0 bridgehead atoms. The van der Waals surface area contributed by atoms with Gasteiger partial charge in [0.1, 0.15) is 0 Å². The fourth-order valence-corrected chi connectivity index (χ4v) is 2.31. The number of carbonyl (C=O) groups is 1. The first-order valence-corrected chi connectivity index (χ1v) is 7.51. The average molecular weight is 297 g/mol. The number of aromatic nitrogens is 3. The van der Waals surface area contributed by atoms with Crippen molar-refractivity contribution in [3.05, 3.63) is 47.9 Å². The Kier molecular flexibility index (Phi) is 4.27. The lowest BCUT2D eigenvalue weighted by Crippen LogP contribution is -2.37. The summed E-state index contributed by atoms with van der Waals surface area (Å²) >= 11 is 0. The van der Waals surface area contributed by atoms with Gasteiger partial charge < -0.3 is 5.32 Å². The minimum absolute atomic E-state index is 0.00268. The first-order chi connectivity index (χ1) is 10.7. The summed E-state index contributed by atoms with van der Waals surface area (Å²) in [7, 11) is 0. The molecule has 114 valence electrons. The topological polar surface area (TPSA) is 79.8 Å². The zero-order valence-corrected chi connectivity index (χ0v) is 12.5. The van der Waals surface area contributed by atoms with Gasteiger partial charge in [-0.25, -0.2) is 4.79 Å². The maximum atomic E-state index is 11.9. The van der Waals surface area contributed by atoms with Gasteiger partial charge in [0.15, 0.2) is 5.82 Å². The molecule has 2 amide bonds. The zero-order valence-electron chi connectivity index (χ0n) is 12.5. The largest absolute Gasteiger partial charge is 0.335 e. The molecule has 1 aliphatic rings. The van der Waals surface area contributed by atoms with Crippen molar-refractivity contribution in [1.29, 1.82) is 0 Å². The number of hydrogen-bond acceptors (Lipinski definition) is 4. The van der Waals surface area contributed by atoms with E-state index in [1.807, 2.05) is 25.1 Å². The fourth-order valence-electron chi connectivity index (χ4n) is 2.31. The van der Waals surface area contributed by atoms with Crippen LogP contribution in [0.4, 0.5) is 10.6 Å². The SMILES string of the molecule is CC(Cc1cccnc1)NC(=O)Nc1ccc(C2CC2)nn1. The van der Waals surface area contributed by atoms with Crippen molar-refractivity contribution in [3.63, 3.8) is 0 Å². The van der Waals surface area contributed by atoms with Gasteiger partial charge in [0, 0.05) is 24.4 Å². The third-order valence-corrected chi connectivity index (χ3v) is 3.56. The van der Waals surface area contributed by atoms with E-state index in [0.717, 1.165) is 17.7 Å². The molecule has 6 nitrogen and oxygen atoms in total. The minimum Gasteiger partial charge on any atom is -0.335 e. The van der Waals surface area contributed by atoms with Gasteiger partial charge in [0.05, 0.1) is 5.69 Å². The number of urea groups is 1. The van der Waals surface area contributed by atoms with Crippen LogP contribution in [-0.2, 0) is 6.42 Å². The van der Waals surface area contributed by atoms with Crippen molar-refractivity contribution in [2.24, 2.45) is 0 Å². The Morgan fingerprint density at radius 2 is 2.18 bits per heavy atom. The highest BCUT2D eigenvalue weighted by molar-refractivity contribution is 5.88. The summed E-state index contributed by atoms with van der Waals surface area (Å²) in [6.45, 7) is 1.95. The molecular weight excluding hydrogens is 278 g/mol. The van der Waals surface area contributed by atoms with Gasteiger partial charge in [-0.3, -0.25) is 10.3 Å². The quantitative estimate of drug-likeness (QED) is 0.888. The number of anilines is 1. The van der Waals surface area contributed by atoms with E-state index >= 15 is 0 Å². The van der Waals surface area contributed by atoms with E-state index < -0.39 is 0 Å². The van der Waals surface area contributed by atoms with E-state index in [1.165, 1.54) is 12.8 Å². The second-order valence-electron chi connectivity index (χ2n) is 5.68. The lowest BCUT2D eigenvalue weighted by molar-refractivity contribution is 0.249. The van der Waals surface area contributed by atoms with Gasteiger partial charge in [0.2, 0.25) is 0 Å². The molecule has 0 radical (unpaired) electrons. The predicted molar refractivity (Wildman–Crippen MR) is 83.6 cm³/mol. The zero-order chi connectivity index (χ0) is 15.4. The smallest absolute Gasteiger partial charge is 0.320 e. The van der Waals surface area contributed by atoms with Crippen LogP contribution in [0.15, 0.2) is 36.7 Å². The number of rotatable bonds is 5. The predicted octanol–water partition coefficient (Wildman–Crippen LogP) is 2.50. The molecular formula is C16H19N5O. The molecule has 2 N–H and O–H groups in total. The standard InChI is InChI=1S/C16H19N5O/c1-11(9-12-3-2-8-17-10-12)18-16(22)19-15-7-6-14(20-21-15)13-4-5-13/h2-3,6-8,10-11,13H,4-5,9H2,1H3,(H2,18,19,21,22). The second-order valence-corrected chi connectivity index (χ2v) is 5.68. The van der Waals surface area contributed by atoms with Gasteiger partial charge in [-0.1, -0.05) is 6.07 Å². The number of hydrogen-bond donors (Lipinski definition) is 2. The summed E-state index contributed by atoms with van der Waals surface area (Å²) in [6.07, 6.45) is 6.64. The van der Waals surface area contributed by atoms with Crippen molar-refractivity contribution in [2.45, 2.75) is 38.1 Å². The average Bonchev–Trinajstić information content (AvgIpc) is 3.33. The molecule has 1 aliphatic carbocycles. The molecule has 1 fully saturated rings. The Hall–Kier alpha value is -2.50. The van der Waals surface area contributed by atoms with Crippen LogP contribution >= 0.6 is 0 Å². The van der Waals surface area contributed by atoms with E-state index in [2.05, 4.69) is 25.8 Å². The molecule has 1 atom stereocenters. The molecule has 6 heteroatoms. The number of amides is 2. The highest BCUT2D eigenvalue weighted by Gasteiger charge is 2.25. The molecule has 0 saturated heterocycles. The van der Waals surface area contributed by atoms with E-state index in [0.29, 0.717) is 11.7 Å². The number of nitrogens with zero attached hydrogens (tertiary/aromatic N) is 3. The highest BCUT2D eigenvalue weighted by Crippen LogP contribution is 2.38. The number of nitrogens with one attached hydrogen (secondary N) is 2. The molecule has 3 rings (SSSR count). The fraction of sp³-hybridized carbons (Fsp3) is 0.375.